The summed E-state index contributed by atoms with van der Waals surface area (Å²) < 4.78 is 22.8. The summed E-state index contributed by atoms with van der Waals surface area (Å²) in [6, 6.07) is -2.99. The molecule has 37 heavy (non-hydrogen) atoms. The molecule has 1 amide bonds. The van der Waals surface area contributed by atoms with E-state index in [4.69, 9.17) is 41.9 Å². The van der Waals surface area contributed by atoms with Crippen molar-refractivity contribution in [3.05, 3.63) is 0 Å². The molecule has 16 nitrogen and oxygen atoms in total. The van der Waals surface area contributed by atoms with Crippen LogP contribution in [0.25, 0.3) is 0 Å². The maximum Gasteiger partial charge on any atom is 0.220 e. The summed E-state index contributed by atoms with van der Waals surface area (Å²) in [7, 11) is 0. The summed E-state index contributed by atoms with van der Waals surface area (Å²) in [5.41, 5.74) is 23.4. The minimum absolute atomic E-state index is 0.0451. The molecule has 0 aromatic carbocycles. The normalized spacial score (nSPS) is 46.6. The van der Waals surface area contributed by atoms with E-state index in [0.717, 1.165) is 0 Å². The van der Waals surface area contributed by atoms with Gasteiger partial charge in [0, 0.05) is 19.0 Å². The van der Waals surface area contributed by atoms with Gasteiger partial charge in [0.2, 0.25) is 5.91 Å². The van der Waals surface area contributed by atoms with E-state index in [1.165, 1.54) is 0 Å². The molecule has 0 aromatic heterocycles. The van der Waals surface area contributed by atoms with E-state index in [2.05, 4.69) is 5.32 Å². The minimum Gasteiger partial charge on any atom is -0.394 e. The van der Waals surface area contributed by atoms with Gasteiger partial charge in [0.1, 0.15) is 54.9 Å². The van der Waals surface area contributed by atoms with E-state index >= 15 is 0 Å². The highest BCUT2D eigenvalue weighted by Gasteiger charge is 2.52. The Morgan fingerprint density at radius 3 is 2.08 bits per heavy atom. The van der Waals surface area contributed by atoms with Crippen molar-refractivity contribution in [2.45, 2.75) is 105 Å². The summed E-state index contributed by atoms with van der Waals surface area (Å²) in [5, 5.41) is 64.2. The molecule has 0 unspecified atom stereocenters. The third-order valence-corrected chi connectivity index (χ3v) is 7.04. The van der Waals surface area contributed by atoms with Gasteiger partial charge in [-0.2, -0.15) is 0 Å². The first kappa shape index (κ1) is 30.5. The summed E-state index contributed by atoms with van der Waals surface area (Å²) in [6.07, 6.45) is -14.1. The number of nitrogens with two attached hydrogens (primary N) is 4. The van der Waals surface area contributed by atoms with Crippen LogP contribution in [0.15, 0.2) is 0 Å². The van der Waals surface area contributed by atoms with Crippen molar-refractivity contribution >= 4 is 5.91 Å². The number of carbonyl (C=O) groups is 1. The highest BCUT2D eigenvalue weighted by molar-refractivity contribution is 5.76. The molecule has 2 saturated heterocycles. The summed E-state index contributed by atoms with van der Waals surface area (Å²) in [5.74, 6) is -0.367. The smallest absolute Gasteiger partial charge is 0.220 e. The van der Waals surface area contributed by atoms with E-state index in [1.54, 1.807) is 0 Å². The first-order valence-electron chi connectivity index (χ1n) is 12.4. The van der Waals surface area contributed by atoms with Crippen molar-refractivity contribution in [1.29, 1.82) is 0 Å². The second-order valence-corrected chi connectivity index (χ2v) is 9.70. The van der Waals surface area contributed by atoms with Gasteiger partial charge in [-0.15, -0.1) is 0 Å². The van der Waals surface area contributed by atoms with Gasteiger partial charge in [0.05, 0.1) is 18.7 Å². The van der Waals surface area contributed by atoms with Gasteiger partial charge in [-0.1, -0.05) is 0 Å². The molecule has 1 saturated carbocycles. The quantitative estimate of drug-likeness (QED) is 0.123. The van der Waals surface area contributed by atoms with Crippen molar-refractivity contribution < 1.29 is 54.4 Å². The van der Waals surface area contributed by atoms with Gasteiger partial charge >= 0.3 is 0 Å². The fourth-order valence-electron chi connectivity index (χ4n) is 4.81. The van der Waals surface area contributed by atoms with Crippen LogP contribution < -0.4 is 28.3 Å². The van der Waals surface area contributed by atoms with E-state index in [0.29, 0.717) is 13.0 Å². The molecule has 0 spiro atoms. The Hall–Kier alpha value is -1.09. The number of rotatable bonds is 10. The minimum atomic E-state index is -1.58. The van der Waals surface area contributed by atoms with Crippen molar-refractivity contribution in [1.82, 2.24) is 5.32 Å². The molecule has 1 aliphatic carbocycles. The highest BCUT2D eigenvalue weighted by atomic mass is 16.7. The number of aliphatic hydroxyl groups excluding tert-OH is 6. The first-order valence-corrected chi connectivity index (χ1v) is 12.4. The van der Waals surface area contributed by atoms with Crippen molar-refractivity contribution in [3.63, 3.8) is 0 Å². The topological polar surface area (TPSA) is 291 Å². The Labute approximate surface area is 213 Å². The van der Waals surface area contributed by atoms with Gasteiger partial charge < -0.3 is 77.8 Å². The molecule has 2 heterocycles. The number of hydrogen-bond acceptors (Lipinski definition) is 15. The molecule has 3 aliphatic rings. The molecule has 16 heteroatoms. The average Bonchev–Trinajstić information content (AvgIpc) is 3.15. The monoisotopic (exact) mass is 539 g/mol. The summed E-state index contributed by atoms with van der Waals surface area (Å²) >= 11 is 0. The molecular formula is C21H41N5O11. The maximum absolute atomic E-state index is 12.3. The van der Waals surface area contributed by atoms with Gasteiger partial charge in [0.15, 0.2) is 12.6 Å². The second kappa shape index (κ2) is 13.3. The van der Waals surface area contributed by atoms with Crippen molar-refractivity contribution in [2.24, 2.45) is 22.9 Å². The Morgan fingerprint density at radius 1 is 0.865 bits per heavy atom. The van der Waals surface area contributed by atoms with Crippen LogP contribution in [0, 0.1) is 0 Å². The van der Waals surface area contributed by atoms with Gasteiger partial charge in [-0.25, -0.2) is 0 Å². The molecule has 15 N–H and O–H groups in total. The summed E-state index contributed by atoms with van der Waals surface area (Å²) in [6.45, 7) is -0.446. The number of hydrogen-bond donors (Lipinski definition) is 11. The van der Waals surface area contributed by atoms with Crippen LogP contribution in [0.3, 0.4) is 0 Å². The molecule has 14 atom stereocenters. The molecule has 0 radical (unpaired) electrons. The Kier molecular flexibility index (Phi) is 11.0. The zero-order chi connectivity index (χ0) is 27.4. The lowest BCUT2D eigenvalue weighted by Gasteiger charge is -2.47. The standard InChI is InChI=1S/C21H41N5O11/c22-3-1-2-11(28)26-8-4-7(24)18(36-20-12(25)16(32)14(30)9(5-23)34-20)19(13(8)29)37-21-17(33)15(31)10(6-27)35-21/h7-10,12-21,27,29-33H,1-6,22-25H2,(H,26,28)/t7-,8+,9+,10+,12+,13-,14+,15-,16+,17+,18+,19+,20+,21-/m0/s1. The zero-order valence-electron chi connectivity index (χ0n) is 20.4. The number of ether oxygens (including phenoxy) is 4. The van der Waals surface area contributed by atoms with Gasteiger partial charge in [-0.05, 0) is 19.4 Å². The van der Waals surface area contributed by atoms with E-state index in [9.17, 15) is 35.4 Å². The zero-order valence-corrected chi connectivity index (χ0v) is 20.4. The Bertz CT molecular complexity index is 739. The fourth-order valence-corrected chi connectivity index (χ4v) is 4.81. The SMILES string of the molecule is NCCCC(=O)N[C@@H]1C[C@H](N)[C@@H](O[C@H]2O[C@H](CN)[C@@H](O)[C@H](O)[C@H]2N)[C@H](O[C@@H]2O[C@H](CO)[C@H](O)[C@H]2O)[C@H]1O. The molecule has 0 bridgehead atoms. The second-order valence-electron chi connectivity index (χ2n) is 9.70. The van der Waals surface area contributed by atoms with Gasteiger partial charge in [-0.3, -0.25) is 4.79 Å². The lowest BCUT2D eigenvalue weighted by atomic mass is 9.83. The lowest BCUT2D eigenvalue weighted by Crippen LogP contribution is -2.68. The molecule has 2 aliphatic heterocycles. The number of carbonyl (C=O) groups excluding carboxylic acids is 1. The van der Waals surface area contributed by atoms with E-state index < -0.39 is 92.2 Å². The largest absolute Gasteiger partial charge is 0.394 e. The molecule has 0 aromatic rings. The van der Waals surface area contributed by atoms with Crippen LogP contribution in [0.4, 0.5) is 0 Å². The molecule has 216 valence electrons. The highest BCUT2D eigenvalue weighted by Crippen LogP contribution is 2.32. The number of amides is 1. The molecule has 3 fully saturated rings. The van der Waals surface area contributed by atoms with Crippen LogP contribution in [-0.2, 0) is 23.7 Å². The van der Waals surface area contributed by atoms with Crippen LogP contribution in [-0.4, -0.2) is 142 Å². The van der Waals surface area contributed by atoms with Crippen LogP contribution in [0.1, 0.15) is 19.3 Å². The number of nitrogens with one attached hydrogen (secondary N) is 1. The van der Waals surface area contributed by atoms with Crippen LogP contribution >= 0.6 is 0 Å². The van der Waals surface area contributed by atoms with Crippen molar-refractivity contribution in [2.75, 3.05) is 19.7 Å². The van der Waals surface area contributed by atoms with E-state index in [-0.39, 0.29) is 25.3 Å². The Morgan fingerprint density at radius 2 is 1.49 bits per heavy atom. The lowest BCUT2D eigenvalue weighted by molar-refractivity contribution is -0.307. The first-order chi connectivity index (χ1) is 17.5. The predicted molar refractivity (Wildman–Crippen MR) is 124 cm³/mol. The predicted octanol–water partition coefficient (Wildman–Crippen LogP) is -6.76. The van der Waals surface area contributed by atoms with Crippen LogP contribution in [0.2, 0.25) is 0 Å². The molecule has 3 rings (SSSR count). The van der Waals surface area contributed by atoms with Gasteiger partial charge in [0.25, 0.3) is 0 Å². The third-order valence-electron chi connectivity index (χ3n) is 7.04. The molecular weight excluding hydrogens is 498 g/mol. The van der Waals surface area contributed by atoms with Crippen LogP contribution in [0.5, 0.6) is 0 Å². The summed E-state index contributed by atoms with van der Waals surface area (Å²) in [4.78, 5) is 12.3. The maximum atomic E-state index is 12.3. The number of aliphatic hydroxyl groups is 6. The fraction of sp³-hybridized carbons (Fsp3) is 0.952. The van der Waals surface area contributed by atoms with E-state index in [1.807, 2.05) is 0 Å². The Balaban J connectivity index is 1.82. The van der Waals surface area contributed by atoms with Crippen molar-refractivity contribution in [3.8, 4) is 0 Å². The third kappa shape index (κ3) is 6.74. The average molecular weight is 540 g/mol.